The minimum atomic E-state index is 0.0402. The molecule has 0 aliphatic rings. The third kappa shape index (κ3) is 2.49. The molecule has 2 rings (SSSR count). The molecule has 1 heterocycles. The molecule has 0 saturated heterocycles. The van der Waals surface area contributed by atoms with E-state index in [1.165, 1.54) is 0 Å². The number of aromatic hydroxyl groups is 1. The Morgan fingerprint density at radius 3 is 2.65 bits per heavy atom. The second-order valence-electron chi connectivity index (χ2n) is 4.36. The molecule has 0 bridgehead atoms. The quantitative estimate of drug-likeness (QED) is 0.909. The van der Waals surface area contributed by atoms with Gasteiger partial charge in [-0.25, -0.2) is 9.97 Å². The lowest BCUT2D eigenvalue weighted by Crippen LogP contribution is -2.01. The van der Waals surface area contributed by atoms with Crippen LogP contribution in [0.3, 0.4) is 0 Å². The van der Waals surface area contributed by atoms with Gasteiger partial charge in [0.05, 0.1) is 23.5 Å². The van der Waals surface area contributed by atoms with Crippen LogP contribution in [0.2, 0.25) is 5.02 Å². The Hall–Kier alpha value is -2.01. The van der Waals surface area contributed by atoms with E-state index in [4.69, 9.17) is 22.1 Å². The van der Waals surface area contributed by atoms with Crippen molar-refractivity contribution < 1.29 is 9.84 Å². The fourth-order valence-electron chi connectivity index (χ4n) is 2.03. The fraction of sp³-hybridized carbons (Fsp3) is 0.286. The van der Waals surface area contributed by atoms with Crippen molar-refractivity contribution in [2.45, 2.75) is 20.3 Å². The number of methoxy groups -OCH3 is 1. The largest absolute Gasteiger partial charge is 0.507 e. The number of nitrogens with zero attached hydrogens (tertiary/aromatic N) is 2. The summed E-state index contributed by atoms with van der Waals surface area (Å²) in [5, 5.41) is 10.5. The van der Waals surface area contributed by atoms with Crippen LogP contribution in [-0.4, -0.2) is 22.2 Å². The molecule has 6 heteroatoms. The molecule has 0 aliphatic heterocycles. The van der Waals surface area contributed by atoms with Gasteiger partial charge in [0, 0.05) is 11.6 Å². The monoisotopic (exact) mass is 293 g/mol. The molecule has 5 nitrogen and oxygen atoms in total. The first-order chi connectivity index (χ1) is 9.47. The zero-order valence-electron chi connectivity index (χ0n) is 11.6. The van der Waals surface area contributed by atoms with E-state index in [1.54, 1.807) is 26.2 Å². The molecule has 106 valence electrons. The molecule has 0 unspecified atom stereocenters. The summed E-state index contributed by atoms with van der Waals surface area (Å²) < 4.78 is 5.24. The second-order valence-corrected chi connectivity index (χ2v) is 4.74. The number of phenolic OH excluding ortho intramolecular Hbond substituents is 1. The van der Waals surface area contributed by atoms with Gasteiger partial charge in [0.1, 0.15) is 11.5 Å². The molecule has 0 fully saturated rings. The maximum Gasteiger partial charge on any atom is 0.220 e. The van der Waals surface area contributed by atoms with Gasteiger partial charge in [-0.15, -0.1) is 0 Å². The highest BCUT2D eigenvalue weighted by molar-refractivity contribution is 6.33. The summed E-state index contributed by atoms with van der Waals surface area (Å²) in [6, 6.07) is 3.36. The predicted molar refractivity (Wildman–Crippen MR) is 79.2 cm³/mol. The van der Waals surface area contributed by atoms with Gasteiger partial charge in [0.15, 0.2) is 0 Å². The van der Waals surface area contributed by atoms with Crippen LogP contribution in [0.25, 0.3) is 11.3 Å². The first-order valence-electron chi connectivity index (χ1n) is 6.17. The highest BCUT2D eigenvalue weighted by Crippen LogP contribution is 2.38. The molecule has 0 radical (unpaired) electrons. The normalized spacial score (nSPS) is 10.6. The van der Waals surface area contributed by atoms with Crippen molar-refractivity contribution in [1.29, 1.82) is 0 Å². The van der Waals surface area contributed by atoms with Crippen LogP contribution in [0.4, 0.5) is 5.95 Å². The Bertz CT molecular complexity index is 659. The van der Waals surface area contributed by atoms with Crippen molar-refractivity contribution in [3.05, 3.63) is 28.4 Å². The summed E-state index contributed by atoms with van der Waals surface area (Å²) in [5.74, 6) is 0.789. The van der Waals surface area contributed by atoms with E-state index in [2.05, 4.69) is 9.97 Å². The summed E-state index contributed by atoms with van der Waals surface area (Å²) in [4.78, 5) is 8.12. The highest BCUT2D eigenvalue weighted by Gasteiger charge is 2.17. The van der Waals surface area contributed by atoms with Crippen LogP contribution >= 0.6 is 11.6 Å². The Morgan fingerprint density at radius 2 is 2.05 bits per heavy atom. The van der Waals surface area contributed by atoms with Gasteiger partial charge >= 0.3 is 0 Å². The molecule has 2 aromatic rings. The van der Waals surface area contributed by atoms with Crippen LogP contribution in [0, 0.1) is 6.92 Å². The Morgan fingerprint density at radius 1 is 1.35 bits per heavy atom. The number of anilines is 1. The first kappa shape index (κ1) is 14.4. The molecule has 20 heavy (non-hydrogen) atoms. The minimum Gasteiger partial charge on any atom is -0.507 e. The number of benzene rings is 1. The number of ether oxygens (including phenoxy) is 1. The average molecular weight is 294 g/mol. The molecule has 1 aromatic carbocycles. The summed E-state index contributed by atoms with van der Waals surface area (Å²) >= 11 is 6.22. The molecular weight excluding hydrogens is 278 g/mol. The van der Waals surface area contributed by atoms with Crippen LogP contribution in [0.5, 0.6) is 11.5 Å². The highest BCUT2D eigenvalue weighted by atomic mass is 35.5. The third-order valence-electron chi connectivity index (χ3n) is 3.07. The molecule has 1 aromatic heterocycles. The van der Waals surface area contributed by atoms with Crippen molar-refractivity contribution in [2.24, 2.45) is 0 Å². The summed E-state index contributed by atoms with van der Waals surface area (Å²) in [6.45, 7) is 3.74. The Labute approximate surface area is 122 Å². The Balaban J connectivity index is 2.70. The summed E-state index contributed by atoms with van der Waals surface area (Å²) in [5.41, 5.74) is 8.12. The number of hydrogen-bond donors (Lipinski definition) is 2. The molecule has 0 atom stereocenters. The lowest BCUT2D eigenvalue weighted by Gasteiger charge is -2.13. The maximum absolute atomic E-state index is 10.2. The van der Waals surface area contributed by atoms with Gasteiger partial charge in [-0.2, -0.15) is 0 Å². The van der Waals surface area contributed by atoms with E-state index in [1.807, 2.05) is 6.92 Å². The van der Waals surface area contributed by atoms with Crippen LogP contribution in [0.15, 0.2) is 12.1 Å². The van der Waals surface area contributed by atoms with Gasteiger partial charge < -0.3 is 15.6 Å². The lowest BCUT2D eigenvalue weighted by molar-refractivity contribution is 0.403. The van der Waals surface area contributed by atoms with E-state index in [0.29, 0.717) is 27.7 Å². The molecular formula is C14H16ClN3O2. The zero-order valence-corrected chi connectivity index (χ0v) is 12.3. The van der Waals surface area contributed by atoms with E-state index >= 15 is 0 Å². The van der Waals surface area contributed by atoms with Crippen molar-refractivity contribution in [3.8, 4) is 22.8 Å². The molecule has 0 amide bonds. The number of halogens is 1. The summed E-state index contributed by atoms with van der Waals surface area (Å²) in [7, 11) is 1.56. The number of phenols is 1. The van der Waals surface area contributed by atoms with Gasteiger partial charge in [-0.05, 0) is 25.0 Å². The van der Waals surface area contributed by atoms with Crippen LogP contribution < -0.4 is 10.5 Å². The van der Waals surface area contributed by atoms with E-state index in [0.717, 1.165) is 12.0 Å². The smallest absolute Gasteiger partial charge is 0.220 e. The molecule has 0 spiro atoms. The van der Waals surface area contributed by atoms with Crippen molar-refractivity contribution >= 4 is 17.5 Å². The Kier molecular flexibility index (Phi) is 3.99. The number of aryl methyl sites for hydroxylation is 2. The van der Waals surface area contributed by atoms with Crippen molar-refractivity contribution in [1.82, 2.24) is 9.97 Å². The molecule has 0 aliphatic carbocycles. The number of nitrogen functional groups attached to an aromatic ring is 1. The number of aromatic nitrogens is 2. The topological polar surface area (TPSA) is 81.3 Å². The van der Waals surface area contributed by atoms with Crippen LogP contribution in [0.1, 0.15) is 18.2 Å². The van der Waals surface area contributed by atoms with Crippen LogP contribution in [-0.2, 0) is 6.42 Å². The van der Waals surface area contributed by atoms with Gasteiger partial charge in [0.2, 0.25) is 5.95 Å². The zero-order chi connectivity index (χ0) is 14.9. The first-order valence-corrected chi connectivity index (χ1v) is 6.55. The van der Waals surface area contributed by atoms with Gasteiger partial charge in [0.25, 0.3) is 0 Å². The van der Waals surface area contributed by atoms with Crippen molar-refractivity contribution in [3.63, 3.8) is 0 Å². The third-order valence-corrected chi connectivity index (χ3v) is 3.52. The predicted octanol–water partition coefficient (Wildman–Crippen LogP) is 2.96. The lowest BCUT2D eigenvalue weighted by atomic mass is 10.0. The maximum atomic E-state index is 10.2. The van der Waals surface area contributed by atoms with Crippen molar-refractivity contribution in [2.75, 3.05) is 12.8 Å². The summed E-state index contributed by atoms with van der Waals surface area (Å²) in [6.07, 6.45) is 0.758. The fourth-order valence-corrected chi connectivity index (χ4v) is 2.22. The average Bonchev–Trinajstić information content (AvgIpc) is 2.42. The molecule has 3 N–H and O–H groups in total. The second kappa shape index (κ2) is 5.54. The van der Waals surface area contributed by atoms with Gasteiger partial charge in [-0.1, -0.05) is 18.5 Å². The van der Waals surface area contributed by atoms with E-state index < -0.39 is 0 Å². The molecule has 0 saturated carbocycles. The van der Waals surface area contributed by atoms with E-state index in [-0.39, 0.29) is 11.7 Å². The number of rotatable bonds is 3. The minimum absolute atomic E-state index is 0.0402. The standard InChI is InChI=1S/C14H16ClN3O2/c1-4-8-5-9(10(19)6-11(8)20-3)13-12(15)7(2)17-14(16)18-13/h5-6,19H,4H2,1-3H3,(H2,16,17,18). The SMILES string of the molecule is CCc1cc(-c2nc(N)nc(C)c2Cl)c(O)cc1OC. The number of hydrogen-bond acceptors (Lipinski definition) is 5. The van der Waals surface area contributed by atoms with Gasteiger partial charge in [-0.3, -0.25) is 0 Å². The van der Waals surface area contributed by atoms with E-state index in [9.17, 15) is 5.11 Å². The number of nitrogens with two attached hydrogens (primary N) is 1.